The van der Waals surface area contributed by atoms with Crippen molar-refractivity contribution in [3.05, 3.63) is 65.9 Å². The largest absolute Gasteiger partial charge is 0.451 e. The Kier molecular flexibility index (Phi) is 5.51. The predicted molar refractivity (Wildman–Crippen MR) is 113 cm³/mol. The van der Waals surface area contributed by atoms with Crippen molar-refractivity contribution in [1.29, 1.82) is 0 Å². The molecule has 0 aliphatic carbocycles. The minimum atomic E-state index is -0.198. The summed E-state index contributed by atoms with van der Waals surface area (Å²) in [5.41, 5.74) is 2.62. The summed E-state index contributed by atoms with van der Waals surface area (Å²) in [6.07, 6.45) is 1.72. The minimum absolute atomic E-state index is 0.0650. The normalized spacial score (nSPS) is 14.7. The van der Waals surface area contributed by atoms with Crippen molar-refractivity contribution in [2.24, 2.45) is 5.92 Å². The van der Waals surface area contributed by atoms with Crippen molar-refractivity contribution in [3.63, 3.8) is 0 Å². The summed E-state index contributed by atoms with van der Waals surface area (Å²) in [5, 5.41) is 6.74. The van der Waals surface area contributed by atoms with Crippen LogP contribution in [0.2, 0.25) is 0 Å². The second-order valence-corrected chi connectivity index (χ2v) is 7.59. The van der Waals surface area contributed by atoms with Crippen LogP contribution >= 0.6 is 0 Å². The van der Waals surface area contributed by atoms with Crippen LogP contribution in [0.1, 0.15) is 29.0 Å². The minimum Gasteiger partial charge on any atom is -0.451 e. The molecule has 3 amide bonds. The molecule has 3 aromatic rings. The Hall–Kier alpha value is -3.28. The van der Waals surface area contributed by atoms with E-state index in [2.05, 4.69) is 10.6 Å². The highest BCUT2D eigenvalue weighted by Gasteiger charge is 2.26. The maximum atomic E-state index is 12.7. The quantitative estimate of drug-likeness (QED) is 0.692. The number of carbonyl (C=O) groups excluding carboxylic acids is 2. The molecular formula is C23H25N3O3. The van der Waals surface area contributed by atoms with Gasteiger partial charge in [0.15, 0.2) is 5.76 Å². The standard InChI is InChI=1S/C23H25N3O3/c1-16-5-4-7-19(13-16)25-23(28)24-15-17-9-11-26(12-10-17)22(27)21-14-18-6-2-3-8-20(18)29-21/h2-8,13-14,17H,9-12,15H2,1H3,(H2,24,25,28). The van der Waals surface area contributed by atoms with Crippen LogP contribution < -0.4 is 10.6 Å². The molecule has 6 heteroatoms. The molecule has 0 saturated carbocycles. The highest BCUT2D eigenvalue weighted by molar-refractivity contribution is 5.96. The number of nitrogens with one attached hydrogen (secondary N) is 2. The molecular weight excluding hydrogens is 366 g/mol. The van der Waals surface area contributed by atoms with Crippen LogP contribution in [-0.2, 0) is 0 Å². The number of benzene rings is 2. The maximum Gasteiger partial charge on any atom is 0.319 e. The third kappa shape index (κ3) is 4.59. The molecule has 0 radical (unpaired) electrons. The monoisotopic (exact) mass is 391 g/mol. The second kappa shape index (κ2) is 8.39. The van der Waals surface area contributed by atoms with E-state index in [-0.39, 0.29) is 11.9 Å². The highest BCUT2D eigenvalue weighted by Crippen LogP contribution is 2.23. The Morgan fingerprint density at radius 3 is 2.62 bits per heavy atom. The number of nitrogens with zero attached hydrogens (tertiary/aromatic N) is 1. The van der Waals surface area contributed by atoms with Crippen molar-refractivity contribution in [3.8, 4) is 0 Å². The van der Waals surface area contributed by atoms with E-state index in [4.69, 9.17) is 4.42 Å². The van der Waals surface area contributed by atoms with Gasteiger partial charge in [-0.2, -0.15) is 0 Å². The lowest BCUT2D eigenvalue weighted by molar-refractivity contribution is 0.0661. The van der Waals surface area contributed by atoms with Crippen LogP contribution in [0.3, 0.4) is 0 Å². The van der Waals surface area contributed by atoms with Gasteiger partial charge in [0.2, 0.25) is 0 Å². The van der Waals surface area contributed by atoms with E-state index in [0.717, 1.165) is 35.1 Å². The van der Waals surface area contributed by atoms with Crippen LogP contribution in [0.25, 0.3) is 11.0 Å². The Bertz CT molecular complexity index is 986. The van der Waals surface area contributed by atoms with Gasteiger partial charge in [0.25, 0.3) is 5.91 Å². The first-order valence-corrected chi connectivity index (χ1v) is 9.98. The van der Waals surface area contributed by atoms with E-state index in [0.29, 0.717) is 31.3 Å². The fourth-order valence-electron chi connectivity index (χ4n) is 3.72. The lowest BCUT2D eigenvalue weighted by Crippen LogP contribution is -2.42. The van der Waals surface area contributed by atoms with Crippen LogP contribution in [0.4, 0.5) is 10.5 Å². The Morgan fingerprint density at radius 2 is 1.86 bits per heavy atom. The third-order valence-electron chi connectivity index (χ3n) is 5.37. The third-order valence-corrected chi connectivity index (χ3v) is 5.37. The van der Waals surface area contributed by atoms with E-state index < -0.39 is 0 Å². The lowest BCUT2D eigenvalue weighted by atomic mass is 9.96. The Labute approximate surface area is 169 Å². The Balaban J connectivity index is 1.25. The molecule has 0 bridgehead atoms. The molecule has 6 nitrogen and oxygen atoms in total. The van der Waals surface area contributed by atoms with Crippen LogP contribution in [0.5, 0.6) is 0 Å². The zero-order valence-electron chi connectivity index (χ0n) is 16.5. The van der Waals surface area contributed by atoms with Crippen LogP contribution in [0.15, 0.2) is 59.0 Å². The number of carbonyl (C=O) groups is 2. The number of amides is 3. The van der Waals surface area contributed by atoms with Gasteiger partial charge in [-0.25, -0.2) is 4.79 Å². The maximum absolute atomic E-state index is 12.7. The molecule has 150 valence electrons. The molecule has 2 N–H and O–H groups in total. The lowest BCUT2D eigenvalue weighted by Gasteiger charge is -2.31. The van der Waals surface area contributed by atoms with Gasteiger partial charge in [0.05, 0.1) is 0 Å². The summed E-state index contributed by atoms with van der Waals surface area (Å²) in [7, 11) is 0. The van der Waals surface area contributed by atoms with Gasteiger partial charge in [0.1, 0.15) is 5.58 Å². The molecule has 1 fully saturated rings. The van der Waals surface area contributed by atoms with Crippen LogP contribution in [0, 0.1) is 12.8 Å². The van der Waals surface area contributed by atoms with E-state index in [1.807, 2.05) is 60.4 Å². The van der Waals surface area contributed by atoms with Gasteiger partial charge in [-0.3, -0.25) is 4.79 Å². The average Bonchev–Trinajstić information content (AvgIpc) is 3.16. The number of piperidine rings is 1. The number of aryl methyl sites for hydroxylation is 1. The number of likely N-dealkylation sites (tertiary alicyclic amines) is 1. The number of furan rings is 1. The number of anilines is 1. The smallest absolute Gasteiger partial charge is 0.319 e. The molecule has 1 aliphatic heterocycles. The van der Waals surface area contributed by atoms with Crippen molar-refractivity contribution in [1.82, 2.24) is 10.2 Å². The SMILES string of the molecule is Cc1cccc(NC(=O)NCC2CCN(C(=O)c3cc4ccccc4o3)CC2)c1. The van der Waals surface area contributed by atoms with Crippen LogP contribution in [-0.4, -0.2) is 36.5 Å². The number of fused-ring (bicyclic) bond motifs is 1. The first kappa shape index (κ1) is 19.1. The number of hydrogen-bond donors (Lipinski definition) is 2. The fraction of sp³-hybridized carbons (Fsp3) is 0.304. The van der Waals surface area contributed by atoms with Crippen molar-refractivity contribution < 1.29 is 14.0 Å². The van der Waals surface area contributed by atoms with Crippen molar-refractivity contribution in [2.75, 3.05) is 25.0 Å². The molecule has 1 saturated heterocycles. The van der Waals surface area contributed by atoms with E-state index in [1.165, 1.54) is 0 Å². The molecule has 4 rings (SSSR count). The van der Waals surface area contributed by atoms with Gasteiger partial charge in [-0.15, -0.1) is 0 Å². The van der Waals surface area contributed by atoms with E-state index in [9.17, 15) is 9.59 Å². The fourth-order valence-corrected chi connectivity index (χ4v) is 3.72. The number of para-hydroxylation sites is 1. The molecule has 2 aromatic carbocycles. The van der Waals surface area contributed by atoms with E-state index >= 15 is 0 Å². The molecule has 2 heterocycles. The zero-order chi connectivity index (χ0) is 20.2. The summed E-state index contributed by atoms with van der Waals surface area (Å²) in [4.78, 5) is 26.7. The summed E-state index contributed by atoms with van der Waals surface area (Å²) in [5.74, 6) is 0.683. The Morgan fingerprint density at radius 1 is 1.07 bits per heavy atom. The molecule has 0 unspecified atom stereocenters. The molecule has 0 atom stereocenters. The molecule has 1 aromatic heterocycles. The zero-order valence-corrected chi connectivity index (χ0v) is 16.5. The first-order valence-electron chi connectivity index (χ1n) is 9.98. The predicted octanol–water partition coefficient (Wildman–Crippen LogP) is 4.42. The summed E-state index contributed by atoms with van der Waals surface area (Å²) >= 11 is 0. The second-order valence-electron chi connectivity index (χ2n) is 7.59. The van der Waals surface area contributed by atoms with Gasteiger partial charge < -0.3 is 20.0 Å². The number of hydrogen-bond acceptors (Lipinski definition) is 3. The highest BCUT2D eigenvalue weighted by atomic mass is 16.3. The van der Waals surface area contributed by atoms with Gasteiger partial charge in [-0.1, -0.05) is 30.3 Å². The van der Waals surface area contributed by atoms with E-state index in [1.54, 1.807) is 6.07 Å². The molecule has 0 spiro atoms. The van der Waals surface area contributed by atoms with Gasteiger partial charge >= 0.3 is 6.03 Å². The first-order chi connectivity index (χ1) is 14.1. The molecule has 29 heavy (non-hydrogen) atoms. The van der Waals surface area contributed by atoms with Crippen molar-refractivity contribution >= 4 is 28.6 Å². The van der Waals surface area contributed by atoms with Gasteiger partial charge in [0, 0.05) is 30.7 Å². The summed E-state index contributed by atoms with van der Waals surface area (Å²) in [6, 6.07) is 17.0. The number of rotatable bonds is 4. The topological polar surface area (TPSA) is 74.6 Å². The number of urea groups is 1. The van der Waals surface area contributed by atoms with Gasteiger partial charge in [-0.05, 0) is 55.5 Å². The summed E-state index contributed by atoms with van der Waals surface area (Å²) in [6.45, 7) is 3.93. The molecule has 1 aliphatic rings. The average molecular weight is 391 g/mol. The summed E-state index contributed by atoms with van der Waals surface area (Å²) < 4.78 is 5.70. The van der Waals surface area contributed by atoms with Crippen molar-refractivity contribution in [2.45, 2.75) is 19.8 Å².